The molecule has 152 valence electrons. The van der Waals surface area contributed by atoms with Crippen molar-refractivity contribution in [3.8, 4) is 5.75 Å². The number of nitrogens with zero attached hydrogens (tertiary/aromatic N) is 2. The van der Waals surface area contributed by atoms with Crippen molar-refractivity contribution in [2.45, 2.75) is 13.2 Å². The van der Waals surface area contributed by atoms with Crippen LogP contribution in [0.3, 0.4) is 0 Å². The van der Waals surface area contributed by atoms with Crippen LogP contribution in [0, 0.1) is 0 Å². The van der Waals surface area contributed by atoms with Gasteiger partial charge in [0.1, 0.15) is 12.4 Å². The molecule has 2 aromatic heterocycles. The second-order valence-electron chi connectivity index (χ2n) is 6.52. The molecule has 1 amide bonds. The molecule has 0 radical (unpaired) electrons. The van der Waals surface area contributed by atoms with E-state index in [1.54, 1.807) is 16.8 Å². The fourth-order valence-electron chi connectivity index (χ4n) is 2.76. The Labute approximate surface area is 191 Å². The molecule has 1 N–H and O–H groups in total. The summed E-state index contributed by atoms with van der Waals surface area (Å²) >= 11 is 10.9. The van der Waals surface area contributed by atoms with Gasteiger partial charge in [-0.15, -0.1) is 11.3 Å². The summed E-state index contributed by atoms with van der Waals surface area (Å²) in [4.78, 5) is 13.1. The predicted molar refractivity (Wildman–Crippen MR) is 124 cm³/mol. The lowest BCUT2D eigenvalue weighted by atomic mass is 10.2. The number of halogens is 2. The number of aromatic nitrogens is 2. The lowest BCUT2D eigenvalue weighted by Crippen LogP contribution is -2.11. The van der Waals surface area contributed by atoms with E-state index in [0.29, 0.717) is 34.6 Å². The molecule has 0 aliphatic rings. The highest BCUT2D eigenvalue weighted by molar-refractivity contribution is 9.10. The fraction of sp³-hybridized carbons (Fsp3) is 0.0909. The Morgan fingerprint density at radius 1 is 1.13 bits per heavy atom. The van der Waals surface area contributed by atoms with Crippen molar-refractivity contribution >= 4 is 50.6 Å². The summed E-state index contributed by atoms with van der Waals surface area (Å²) < 4.78 is 8.55. The van der Waals surface area contributed by atoms with E-state index in [0.717, 1.165) is 15.6 Å². The molecular weight excluding hydrogens is 486 g/mol. The Morgan fingerprint density at radius 3 is 2.73 bits per heavy atom. The molecule has 0 aliphatic carbocycles. The molecule has 0 fully saturated rings. The molecule has 0 saturated carbocycles. The minimum atomic E-state index is -0.196. The van der Waals surface area contributed by atoms with Gasteiger partial charge in [-0.3, -0.25) is 9.48 Å². The zero-order valence-corrected chi connectivity index (χ0v) is 18.9. The molecule has 0 atom stereocenters. The summed E-state index contributed by atoms with van der Waals surface area (Å²) in [5, 5.41) is 9.72. The quantitative estimate of drug-likeness (QED) is 0.325. The van der Waals surface area contributed by atoms with Crippen LogP contribution in [0.2, 0.25) is 5.02 Å². The van der Waals surface area contributed by atoms with E-state index in [1.165, 1.54) is 11.3 Å². The first-order chi connectivity index (χ1) is 14.6. The van der Waals surface area contributed by atoms with Gasteiger partial charge in [-0.25, -0.2) is 0 Å². The molecule has 0 unspecified atom stereocenters. The zero-order valence-electron chi connectivity index (χ0n) is 15.7. The standard InChI is InChI=1S/C22H17BrClN3O2S/c23-17-7-5-15(6-8-17)12-27-10-9-21(26-27)25-22(28)20-11-16(14-30-20)13-29-19-4-2-1-3-18(19)24/h1-11,14H,12-13H2,(H,25,26,28). The molecule has 0 bridgehead atoms. The normalized spacial score (nSPS) is 10.7. The summed E-state index contributed by atoms with van der Waals surface area (Å²) in [6, 6.07) is 18.9. The molecule has 4 aromatic rings. The van der Waals surface area contributed by atoms with Gasteiger partial charge in [0, 0.05) is 22.3 Å². The Hall–Kier alpha value is -2.61. The summed E-state index contributed by atoms with van der Waals surface area (Å²) in [5.74, 6) is 0.935. The highest BCUT2D eigenvalue weighted by Crippen LogP contribution is 2.25. The van der Waals surface area contributed by atoms with Crippen molar-refractivity contribution in [3.63, 3.8) is 0 Å². The van der Waals surface area contributed by atoms with Gasteiger partial charge in [0.2, 0.25) is 0 Å². The van der Waals surface area contributed by atoms with Gasteiger partial charge in [0.05, 0.1) is 16.4 Å². The molecule has 2 aromatic carbocycles. The molecule has 5 nitrogen and oxygen atoms in total. The molecule has 0 aliphatic heterocycles. The number of ether oxygens (including phenoxy) is 1. The van der Waals surface area contributed by atoms with E-state index < -0.39 is 0 Å². The van der Waals surface area contributed by atoms with Crippen LogP contribution < -0.4 is 10.1 Å². The minimum Gasteiger partial charge on any atom is -0.487 e. The van der Waals surface area contributed by atoms with Crippen LogP contribution in [0.25, 0.3) is 0 Å². The second-order valence-corrected chi connectivity index (χ2v) is 8.75. The maximum Gasteiger partial charge on any atom is 0.266 e. The number of benzene rings is 2. The molecule has 30 heavy (non-hydrogen) atoms. The number of thiophene rings is 1. The largest absolute Gasteiger partial charge is 0.487 e. The third kappa shape index (κ3) is 5.30. The van der Waals surface area contributed by atoms with E-state index in [9.17, 15) is 4.79 Å². The molecule has 0 spiro atoms. The molecule has 2 heterocycles. The molecular formula is C22H17BrClN3O2S. The van der Waals surface area contributed by atoms with Gasteiger partial charge in [-0.05, 0) is 41.3 Å². The van der Waals surface area contributed by atoms with Crippen LogP contribution in [0.15, 0.2) is 76.7 Å². The smallest absolute Gasteiger partial charge is 0.266 e. The number of nitrogens with one attached hydrogen (secondary N) is 1. The predicted octanol–water partition coefficient (Wildman–Crippen LogP) is 6.24. The summed E-state index contributed by atoms with van der Waals surface area (Å²) in [5.41, 5.74) is 2.03. The van der Waals surface area contributed by atoms with Crippen molar-refractivity contribution < 1.29 is 9.53 Å². The van der Waals surface area contributed by atoms with Gasteiger partial charge in [-0.2, -0.15) is 5.10 Å². The highest BCUT2D eigenvalue weighted by Gasteiger charge is 2.12. The Bertz CT molecular complexity index is 1160. The van der Waals surface area contributed by atoms with Gasteiger partial charge in [-0.1, -0.05) is 51.8 Å². The van der Waals surface area contributed by atoms with Crippen molar-refractivity contribution in [3.05, 3.63) is 97.7 Å². The summed E-state index contributed by atoms with van der Waals surface area (Å²) in [6.45, 7) is 0.973. The third-order valence-electron chi connectivity index (χ3n) is 4.25. The number of hydrogen-bond acceptors (Lipinski definition) is 4. The number of hydrogen-bond donors (Lipinski definition) is 1. The van der Waals surface area contributed by atoms with E-state index >= 15 is 0 Å². The first kappa shape index (κ1) is 20.7. The SMILES string of the molecule is O=C(Nc1ccn(Cc2ccc(Br)cc2)n1)c1cc(COc2ccccc2Cl)cs1. The monoisotopic (exact) mass is 501 g/mol. The van der Waals surface area contributed by atoms with Crippen molar-refractivity contribution in [1.82, 2.24) is 9.78 Å². The van der Waals surface area contributed by atoms with Crippen LogP contribution >= 0.6 is 38.9 Å². The lowest BCUT2D eigenvalue weighted by Gasteiger charge is -2.06. The average Bonchev–Trinajstić information content (AvgIpc) is 3.39. The van der Waals surface area contributed by atoms with Gasteiger partial charge in [0.25, 0.3) is 5.91 Å². The van der Waals surface area contributed by atoms with Crippen LogP contribution in [-0.4, -0.2) is 15.7 Å². The number of amides is 1. The summed E-state index contributed by atoms with van der Waals surface area (Å²) in [6.07, 6.45) is 1.84. The number of anilines is 1. The van der Waals surface area contributed by atoms with Crippen molar-refractivity contribution in [1.29, 1.82) is 0 Å². The van der Waals surface area contributed by atoms with Gasteiger partial charge in [0.15, 0.2) is 5.82 Å². The highest BCUT2D eigenvalue weighted by atomic mass is 79.9. The van der Waals surface area contributed by atoms with E-state index in [4.69, 9.17) is 16.3 Å². The first-order valence-corrected chi connectivity index (χ1v) is 11.2. The third-order valence-corrected chi connectivity index (χ3v) is 6.07. The van der Waals surface area contributed by atoms with Crippen molar-refractivity contribution in [2.75, 3.05) is 5.32 Å². The first-order valence-electron chi connectivity index (χ1n) is 9.11. The number of carbonyl (C=O) groups excluding carboxylic acids is 1. The summed E-state index contributed by atoms with van der Waals surface area (Å²) in [7, 11) is 0. The topological polar surface area (TPSA) is 56.2 Å². The Kier molecular flexibility index (Phi) is 6.52. The lowest BCUT2D eigenvalue weighted by molar-refractivity contribution is 0.103. The van der Waals surface area contributed by atoms with E-state index in [-0.39, 0.29) is 5.91 Å². The number of carbonyl (C=O) groups is 1. The zero-order chi connectivity index (χ0) is 20.9. The number of para-hydroxylation sites is 1. The van der Waals surface area contributed by atoms with E-state index in [2.05, 4.69) is 26.3 Å². The Morgan fingerprint density at radius 2 is 1.93 bits per heavy atom. The fourth-order valence-corrected chi connectivity index (χ4v) is 4.01. The molecule has 0 saturated heterocycles. The van der Waals surface area contributed by atoms with Crippen LogP contribution in [0.4, 0.5) is 5.82 Å². The van der Waals surface area contributed by atoms with Crippen molar-refractivity contribution in [2.24, 2.45) is 0 Å². The maximum absolute atomic E-state index is 12.5. The van der Waals surface area contributed by atoms with Gasteiger partial charge >= 0.3 is 0 Å². The van der Waals surface area contributed by atoms with Crippen LogP contribution in [-0.2, 0) is 13.2 Å². The Balaban J connectivity index is 1.34. The number of rotatable bonds is 7. The average molecular weight is 503 g/mol. The van der Waals surface area contributed by atoms with Gasteiger partial charge < -0.3 is 10.1 Å². The van der Waals surface area contributed by atoms with E-state index in [1.807, 2.05) is 60.1 Å². The maximum atomic E-state index is 12.5. The minimum absolute atomic E-state index is 0.196. The molecule has 4 rings (SSSR count). The second kappa shape index (κ2) is 9.47. The van der Waals surface area contributed by atoms with Crippen LogP contribution in [0.5, 0.6) is 5.75 Å². The van der Waals surface area contributed by atoms with Crippen LogP contribution in [0.1, 0.15) is 20.8 Å². The molecule has 8 heteroatoms.